The molecular formula is C16H15IO. The largest absolute Gasteiger partial charge is 0.389 e. The summed E-state index contributed by atoms with van der Waals surface area (Å²) in [5.41, 5.74) is 3.21. The van der Waals surface area contributed by atoms with Gasteiger partial charge >= 0.3 is 0 Å². The average molecular weight is 350 g/mol. The predicted molar refractivity (Wildman–Crippen MR) is 81.7 cm³/mol. The lowest BCUT2D eigenvalue weighted by atomic mass is 9.92. The van der Waals surface area contributed by atoms with Gasteiger partial charge in [-0.25, -0.2) is 0 Å². The number of benzene rings is 2. The van der Waals surface area contributed by atoms with Crippen molar-refractivity contribution in [2.45, 2.75) is 24.9 Å². The van der Waals surface area contributed by atoms with Gasteiger partial charge < -0.3 is 5.11 Å². The van der Waals surface area contributed by atoms with Crippen molar-refractivity contribution in [2.75, 3.05) is 0 Å². The number of hydrogen-bond acceptors (Lipinski definition) is 1. The highest BCUT2D eigenvalue weighted by Gasteiger charge is 2.34. The Morgan fingerprint density at radius 2 is 1.50 bits per heavy atom. The molecule has 0 amide bonds. The smallest absolute Gasteiger partial charge is 0.0768 e. The SMILES string of the molecule is OC1(Cc2ccc(I)cc2)Cc2ccccc2C1. The summed E-state index contributed by atoms with van der Waals surface area (Å²) in [6.07, 6.45) is 2.28. The zero-order valence-corrected chi connectivity index (χ0v) is 12.2. The van der Waals surface area contributed by atoms with Crippen LogP contribution in [0.1, 0.15) is 16.7 Å². The summed E-state index contributed by atoms with van der Waals surface area (Å²) in [7, 11) is 0. The first kappa shape index (κ1) is 12.2. The third-order valence-electron chi connectivity index (χ3n) is 3.60. The van der Waals surface area contributed by atoms with Crippen molar-refractivity contribution in [3.8, 4) is 0 Å². The Bertz CT molecular complexity index is 535. The van der Waals surface area contributed by atoms with E-state index in [9.17, 15) is 5.11 Å². The van der Waals surface area contributed by atoms with Gasteiger partial charge in [-0.1, -0.05) is 36.4 Å². The number of rotatable bonds is 2. The van der Waals surface area contributed by atoms with Crippen LogP contribution in [-0.2, 0) is 19.3 Å². The van der Waals surface area contributed by atoms with Crippen LogP contribution in [0.4, 0.5) is 0 Å². The van der Waals surface area contributed by atoms with Crippen LogP contribution in [0.15, 0.2) is 48.5 Å². The van der Waals surface area contributed by atoms with E-state index in [0.717, 1.165) is 19.3 Å². The Morgan fingerprint density at radius 3 is 2.06 bits per heavy atom. The average Bonchev–Trinajstić information content (AvgIpc) is 2.68. The van der Waals surface area contributed by atoms with E-state index in [0.29, 0.717) is 0 Å². The van der Waals surface area contributed by atoms with Crippen LogP contribution >= 0.6 is 22.6 Å². The Hall–Kier alpha value is -0.870. The molecule has 0 saturated carbocycles. The maximum atomic E-state index is 10.7. The Labute approximate surface area is 121 Å². The number of fused-ring (bicyclic) bond motifs is 1. The van der Waals surface area contributed by atoms with Crippen LogP contribution in [0, 0.1) is 3.57 Å². The number of hydrogen-bond donors (Lipinski definition) is 1. The topological polar surface area (TPSA) is 20.2 Å². The minimum absolute atomic E-state index is 0.601. The standard InChI is InChI=1S/C16H15IO/c17-15-7-5-12(6-8-15)9-16(18)10-13-3-1-2-4-14(13)11-16/h1-8,18H,9-11H2. The van der Waals surface area contributed by atoms with E-state index in [4.69, 9.17) is 0 Å². The molecule has 0 fully saturated rings. The van der Waals surface area contributed by atoms with Gasteiger partial charge in [0.2, 0.25) is 0 Å². The molecular weight excluding hydrogens is 335 g/mol. The second-order valence-electron chi connectivity index (χ2n) is 5.15. The Kier molecular flexibility index (Phi) is 3.16. The first-order chi connectivity index (χ1) is 8.65. The zero-order valence-electron chi connectivity index (χ0n) is 10.1. The summed E-state index contributed by atoms with van der Waals surface area (Å²) in [5, 5.41) is 10.7. The van der Waals surface area contributed by atoms with Gasteiger partial charge in [0, 0.05) is 22.8 Å². The minimum Gasteiger partial charge on any atom is -0.389 e. The molecule has 1 aliphatic rings. The van der Waals surface area contributed by atoms with Gasteiger partial charge in [0.25, 0.3) is 0 Å². The molecule has 0 saturated heterocycles. The van der Waals surface area contributed by atoms with Gasteiger partial charge in [-0.15, -0.1) is 0 Å². The van der Waals surface area contributed by atoms with E-state index in [-0.39, 0.29) is 0 Å². The van der Waals surface area contributed by atoms with E-state index in [1.807, 2.05) is 0 Å². The lowest BCUT2D eigenvalue weighted by molar-refractivity contribution is 0.0518. The second kappa shape index (κ2) is 4.67. The molecule has 1 aliphatic carbocycles. The molecule has 0 atom stereocenters. The third-order valence-corrected chi connectivity index (χ3v) is 4.32. The van der Waals surface area contributed by atoms with E-state index in [1.165, 1.54) is 20.3 Å². The van der Waals surface area contributed by atoms with Crippen LogP contribution < -0.4 is 0 Å². The summed E-state index contributed by atoms with van der Waals surface area (Å²) in [5.74, 6) is 0. The highest BCUT2D eigenvalue weighted by Crippen LogP contribution is 2.32. The van der Waals surface area contributed by atoms with Crippen LogP contribution in [0.25, 0.3) is 0 Å². The molecule has 0 unspecified atom stereocenters. The molecule has 3 rings (SSSR count). The van der Waals surface area contributed by atoms with Gasteiger partial charge in [0.15, 0.2) is 0 Å². The molecule has 1 nitrogen and oxygen atoms in total. The Morgan fingerprint density at radius 1 is 0.944 bits per heavy atom. The van der Waals surface area contributed by atoms with Crippen LogP contribution in [0.3, 0.4) is 0 Å². The normalized spacial score (nSPS) is 16.6. The molecule has 18 heavy (non-hydrogen) atoms. The third kappa shape index (κ3) is 2.45. The number of halogens is 1. The fourth-order valence-corrected chi connectivity index (χ4v) is 3.14. The van der Waals surface area contributed by atoms with E-state index >= 15 is 0 Å². The van der Waals surface area contributed by atoms with Crippen molar-refractivity contribution >= 4 is 22.6 Å². The lowest BCUT2D eigenvalue weighted by Crippen LogP contribution is -2.32. The number of aliphatic hydroxyl groups is 1. The van der Waals surface area contributed by atoms with Crippen molar-refractivity contribution in [1.82, 2.24) is 0 Å². The summed E-state index contributed by atoms with van der Waals surface area (Å²) >= 11 is 2.30. The Balaban J connectivity index is 1.80. The summed E-state index contributed by atoms with van der Waals surface area (Å²) < 4.78 is 1.23. The second-order valence-corrected chi connectivity index (χ2v) is 6.40. The molecule has 1 N–H and O–H groups in total. The maximum absolute atomic E-state index is 10.7. The molecule has 0 radical (unpaired) electrons. The van der Waals surface area contributed by atoms with E-state index in [1.54, 1.807) is 0 Å². The maximum Gasteiger partial charge on any atom is 0.0768 e. The molecule has 2 aromatic carbocycles. The molecule has 92 valence electrons. The fraction of sp³-hybridized carbons (Fsp3) is 0.250. The van der Waals surface area contributed by atoms with Crippen molar-refractivity contribution in [2.24, 2.45) is 0 Å². The van der Waals surface area contributed by atoms with Gasteiger partial charge in [0.05, 0.1) is 5.60 Å². The van der Waals surface area contributed by atoms with Crippen molar-refractivity contribution in [3.63, 3.8) is 0 Å². The first-order valence-corrected chi connectivity index (χ1v) is 7.26. The van der Waals surface area contributed by atoms with Gasteiger partial charge in [-0.2, -0.15) is 0 Å². The van der Waals surface area contributed by atoms with Crippen LogP contribution in [0.5, 0.6) is 0 Å². The summed E-state index contributed by atoms with van der Waals surface area (Å²) in [6, 6.07) is 16.8. The highest BCUT2D eigenvalue weighted by atomic mass is 127. The van der Waals surface area contributed by atoms with E-state index in [2.05, 4.69) is 71.1 Å². The molecule has 0 bridgehead atoms. The first-order valence-electron chi connectivity index (χ1n) is 6.18. The van der Waals surface area contributed by atoms with Gasteiger partial charge in [0.1, 0.15) is 0 Å². The monoisotopic (exact) mass is 350 g/mol. The van der Waals surface area contributed by atoms with Gasteiger partial charge in [-0.05, 0) is 51.4 Å². The van der Waals surface area contributed by atoms with E-state index < -0.39 is 5.60 Å². The van der Waals surface area contributed by atoms with Crippen molar-refractivity contribution in [3.05, 3.63) is 68.8 Å². The van der Waals surface area contributed by atoms with Crippen LogP contribution in [0.2, 0.25) is 0 Å². The molecule has 2 heteroatoms. The molecule has 0 spiro atoms. The molecule has 2 aromatic rings. The lowest BCUT2D eigenvalue weighted by Gasteiger charge is -2.22. The quantitative estimate of drug-likeness (QED) is 0.824. The zero-order chi connectivity index (χ0) is 12.6. The predicted octanol–water partition coefficient (Wildman–Crippen LogP) is 3.36. The molecule has 0 aliphatic heterocycles. The summed E-state index contributed by atoms with van der Waals surface area (Å²) in [4.78, 5) is 0. The highest BCUT2D eigenvalue weighted by molar-refractivity contribution is 14.1. The molecule has 0 heterocycles. The fourth-order valence-electron chi connectivity index (χ4n) is 2.78. The van der Waals surface area contributed by atoms with Gasteiger partial charge in [-0.3, -0.25) is 0 Å². The summed E-state index contributed by atoms with van der Waals surface area (Å²) in [6.45, 7) is 0. The van der Waals surface area contributed by atoms with Crippen molar-refractivity contribution in [1.29, 1.82) is 0 Å². The van der Waals surface area contributed by atoms with Crippen LogP contribution in [-0.4, -0.2) is 10.7 Å². The minimum atomic E-state index is -0.601. The molecule has 0 aromatic heterocycles. The van der Waals surface area contributed by atoms with Crippen molar-refractivity contribution < 1.29 is 5.11 Å².